The van der Waals surface area contributed by atoms with Gasteiger partial charge in [0.1, 0.15) is 5.75 Å². The first kappa shape index (κ1) is 15.8. The lowest BCUT2D eigenvalue weighted by molar-refractivity contribution is 0.0951. The Morgan fingerprint density at radius 3 is 2.58 bits per heavy atom. The molecule has 1 atom stereocenters. The van der Waals surface area contributed by atoms with Crippen molar-refractivity contribution in [1.82, 2.24) is 5.32 Å². The number of hydrogen-bond donors (Lipinski definition) is 2. The van der Waals surface area contributed by atoms with Crippen molar-refractivity contribution in [3.05, 3.63) is 29.3 Å². The van der Waals surface area contributed by atoms with Gasteiger partial charge in [-0.2, -0.15) is 0 Å². The molecule has 0 bridgehead atoms. The van der Waals surface area contributed by atoms with Crippen LogP contribution in [0.25, 0.3) is 0 Å². The van der Waals surface area contributed by atoms with E-state index in [2.05, 4.69) is 26.1 Å². The third-order valence-electron chi connectivity index (χ3n) is 2.79. The maximum absolute atomic E-state index is 11.9. The van der Waals surface area contributed by atoms with E-state index in [0.717, 1.165) is 12.0 Å². The van der Waals surface area contributed by atoms with Gasteiger partial charge < -0.3 is 10.4 Å². The quantitative estimate of drug-likeness (QED) is 0.831. The highest BCUT2D eigenvalue weighted by atomic mass is 35.5. The van der Waals surface area contributed by atoms with Crippen molar-refractivity contribution in [1.29, 1.82) is 0 Å². The summed E-state index contributed by atoms with van der Waals surface area (Å²) in [5.41, 5.74) is 1.33. The van der Waals surface area contributed by atoms with E-state index < -0.39 is 0 Å². The molecule has 106 valence electrons. The van der Waals surface area contributed by atoms with Gasteiger partial charge in [0, 0.05) is 12.1 Å². The molecule has 4 heteroatoms. The number of aromatic hydroxyl groups is 1. The summed E-state index contributed by atoms with van der Waals surface area (Å²) >= 11 is 6.19. The second-order valence-electron chi connectivity index (χ2n) is 6.07. The molecule has 19 heavy (non-hydrogen) atoms. The predicted molar refractivity (Wildman–Crippen MR) is 78.9 cm³/mol. The molecule has 1 aromatic carbocycles. The van der Waals surface area contributed by atoms with Crippen LogP contribution in [0.2, 0.25) is 0 Å². The van der Waals surface area contributed by atoms with Crippen molar-refractivity contribution in [2.24, 2.45) is 5.41 Å². The summed E-state index contributed by atoms with van der Waals surface area (Å²) < 4.78 is 0. The normalized spacial score (nSPS) is 13.1. The number of nitrogens with one attached hydrogen (secondary N) is 1. The molecule has 1 unspecified atom stereocenters. The Kier molecular flexibility index (Phi) is 5.24. The number of carbonyl (C=O) groups is 1. The van der Waals surface area contributed by atoms with Gasteiger partial charge in [-0.25, -0.2) is 0 Å². The van der Waals surface area contributed by atoms with Gasteiger partial charge in [-0.3, -0.25) is 4.79 Å². The first-order valence-corrected chi connectivity index (χ1v) is 6.84. The lowest BCUT2D eigenvalue weighted by Gasteiger charge is -2.22. The maximum Gasteiger partial charge on any atom is 0.251 e. The molecule has 0 aliphatic rings. The minimum absolute atomic E-state index is 0.0944. The van der Waals surface area contributed by atoms with Crippen molar-refractivity contribution in [2.75, 3.05) is 6.54 Å². The standard InChI is InChI=1S/C15H22ClNO2/c1-10-5-6-11(7-13(10)18)14(19)17-9-12(16)8-15(2,3)4/h5-7,12,18H,8-9H2,1-4H3,(H,17,19). The summed E-state index contributed by atoms with van der Waals surface area (Å²) in [5.74, 6) is -0.0837. The molecule has 0 saturated carbocycles. The molecule has 1 rings (SSSR count). The van der Waals surface area contributed by atoms with Gasteiger partial charge in [-0.1, -0.05) is 26.8 Å². The van der Waals surface area contributed by atoms with Crippen LogP contribution in [0.5, 0.6) is 5.75 Å². The number of phenolic OH excluding ortho intramolecular Hbond substituents is 1. The van der Waals surface area contributed by atoms with Gasteiger partial charge in [-0.05, 0) is 36.5 Å². The summed E-state index contributed by atoms with van der Waals surface area (Å²) in [6, 6.07) is 4.88. The van der Waals surface area contributed by atoms with Crippen LogP contribution in [-0.4, -0.2) is 22.9 Å². The molecule has 1 aromatic rings. The molecule has 1 amide bonds. The number of benzene rings is 1. The Morgan fingerprint density at radius 2 is 2.05 bits per heavy atom. The number of rotatable bonds is 4. The predicted octanol–water partition coefficient (Wildman–Crippen LogP) is 3.47. The summed E-state index contributed by atoms with van der Waals surface area (Å²) in [4.78, 5) is 11.9. The number of phenols is 1. The van der Waals surface area contributed by atoms with Crippen LogP contribution >= 0.6 is 11.6 Å². The molecule has 3 nitrogen and oxygen atoms in total. The third kappa shape index (κ3) is 5.52. The highest BCUT2D eigenvalue weighted by Crippen LogP contribution is 2.23. The second kappa shape index (κ2) is 6.29. The topological polar surface area (TPSA) is 49.3 Å². The molecule has 0 saturated heterocycles. The number of carbonyl (C=O) groups excluding carboxylic acids is 1. The van der Waals surface area contributed by atoms with Crippen LogP contribution in [0, 0.1) is 12.3 Å². The minimum Gasteiger partial charge on any atom is -0.508 e. The van der Waals surface area contributed by atoms with Gasteiger partial charge in [0.25, 0.3) is 5.91 Å². The fourth-order valence-electron chi connectivity index (χ4n) is 1.79. The van der Waals surface area contributed by atoms with Crippen LogP contribution < -0.4 is 5.32 Å². The molecule has 0 heterocycles. The van der Waals surface area contributed by atoms with Gasteiger partial charge >= 0.3 is 0 Å². The van der Waals surface area contributed by atoms with Crippen LogP contribution in [0.15, 0.2) is 18.2 Å². The SMILES string of the molecule is Cc1ccc(C(=O)NCC(Cl)CC(C)(C)C)cc1O. The molecule has 0 aromatic heterocycles. The zero-order valence-electron chi connectivity index (χ0n) is 12.0. The highest BCUT2D eigenvalue weighted by molar-refractivity contribution is 6.21. The average Bonchev–Trinajstić information content (AvgIpc) is 2.27. The number of alkyl halides is 1. The van der Waals surface area contributed by atoms with Gasteiger partial charge in [0.15, 0.2) is 0 Å². The van der Waals surface area contributed by atoms with E-state index in [1.165, 1.54) is 6.07 Å². The van der Waals surface area contributed by atoms with Crippen molar-refractivity contribution in [3.8, 4) is 5.75 Å². The van der Waals surface area contributed by atoms with Crippen molar-refractivity contribution >= 4 is 17.5 Å². The van der Waals surface area contributed by atoms with Crippen LogP contribution in [0.3, 0.4) is 0 Å². The van der Waals surface area contributed by atoms with E-state index in [9.17, 15) is 9.90 Å². The summed E-state index contributed by atoms with van der Waals surface area (Å²) in [5, 5.41) is 12.3. The first-order chi connectivity index (χ1) is 8.69. The van der Waals surface area contributed by atoms with Crippen LogP contribution in [0.4, 0.5) is 0 Å². The van der Waals surface area contributed by atoms with E-state index in [1.807, 2.05) is 0 Å². The van der Waals surface area contributed by atoms with E-state index in [-0.39, 0.29) is 22.4 Å². The molecule has 0 radical (unpaired) electrons. The molecular formula is C15H22ClNO2. The van der Waals surface area contributed by atoms with Crippen molar-refractivity contribution < 1.29 is 9.90 Å². The zero-order valence-corrected chi connectivity index (χ0v) is 12.7. The fraction of sp³-hybridized carbons (Fsp3) is 0.533. The molecule has 2 N–H and O–H groups in total. The minimum atomic E-state index is -0.213. The lowest BCUT2D eigenvalue weighted by Crippen LogP contribution is -2.31. The van der Waals surface area contributed by atoms with Crippen LogP contribution in [0.1, 0.15) is 43.1 Å². The number of aryl methyl sites for hydroxylation is 1. The largest absolute Gasteiger partial charge is 0.508 e. The lowest BCUT2D eigenvalue weighted by atomic mass is 9.90. The highest BCUT2D eigenvalue weighted by Gasteiger charge is 2.17. The number of halogens is 1. The fourth-order valence-corrected chi connectivity index (χ4v) is 2.33. The Morgan fingerprint density at radius 1 is 1.42 bits per heavy atom. The van der Waals surface area contributed by atoms with Crippen molar-refractivity contribution in [2.45, 2.75) is 39.5 Å². The molecule has 0 aliphatic carbocycles. The van der Waals surface area contributed by atoms with E-state index in [0.29, 0.717) is 12.1 Å². The number of hydrogen-bond acceptors (Lipinski definition) is 2. The second-order valence-corrected chi connectivity index (χ2v) is 6.69. The summed E-state index contributed by atoms with van der Waals surface area (Å²) in [6.07, 6.45) is 0.827. The average molecular weight is 284 g/mol. The molecule has 0 fully saturated rings. The maximum atomic E-state index is 11.9. The van der Waals surface area contributed by atoms with Crippen molar-refractivity contribution in [3.63, 3.8) is 0 Å². The van der Waals surface area contributed by atoms with E-state index in [1.54, 1.807) is 19.1 Å². The van der Waals surface area contributed by atoms with Gasteiger partial charge in [-0.15, -0.1) is 11.6 Å². The Labute approximate surface area is 120 Å². The first-order valence-electron chi connectivity index (χ1n) is 6.41. The van der Waals surface area contributed by atoms with Gasteiger partial charge in [0.2, 0.25) is 0 Å². The Bertz CT molecular complexity index is 452. The molecular weight excluding hydrogens is 262 g/mol. The van der Waals surface area contributed by atoms with Crippen LogP contribution in [-0.2, 0) is 0 Å². The molecule has 0 spiro atoms. The zero-order chi connectivity index (χ0) is 14.6. The van der Waals surface area contributed by atoms with E-state index in [4.69, 9.17) is 11.6 Å². The monoisotopic (exact) mass is 283 g/mol. The summed E-state index contributed by atoms with van der Waals surface area (Å²) in [6.45, 7) is 8.55. The Hall–Kier alpha value is -1.22. The smallest absolute Gasteiger partial charge is 0.251 e. The Balaban J connectivity index is 2.53. The number of amides is 1. The molecule has 0 aliphatic heterocycles. The third-order valence-corrected chi connectivity index (χ3v) is 3.10. The van der Waals surface area contributed by atoms with Gasteiger partial charge in [0.05, 0.1) is 5.38 Å². The van der Waals surface area contributed by atoms with E-state index >= 15 is 0 Å². The summed E-state index contributed by atoms with van der Waals surface area (Å²) in [7, 11) is 0.